The van der Waals surface area contributed by atoms with Crippen LogP contribution >= 0.6 is 0 Å². The van der Waals surface area contributed by atoms with Gasteiger partial charge in [0, 0.05) is 35.3 Å². The van der Waals surface area contributed by atoms with Crippen LogP contribution in [0.3, 0.4) is 0 Å². The van der Waals surface area contributed by atoms with Crippen LogP contribution in [0.2, 0.25) is 0 Å². The number of aliphatic hydroxyl groups is 1. The van der Waals surface area contributed by atoms with Gasteiger partial charge in [0.05, 0.1) is 17.5 Å². The Morgan fingerprint density at radius 1 is 1.21 bits per heavy atom. The number of para-hydroxylation sites is 1. The fourth-order valence-corrected chi connectivity index (χ4v) is 3.63. The van der Waals surface area contributed by atoms with Gasteiger partial charge in [0.15, 0.2) is 0 Å². The summed E-state index contributed by atoms with van der Waals surface area (Å²) in [7, 11) is 0. The Kier molecular flexibility index (Phi) is 4.57. The van der Waals surface area contributed by atoms with Crippen LogP contribution in [0.4, 0.5) is 5.82 Å². The van der Waals surface area contributed by atoms with E-state index >= 15 is 0 Å². The van der Waals surface area contributed by atoms with Crippen LogP contribution in [0.5, 0.6) is 5.75 Å². The fourth-order valence-electron chi connectivity index (χ4n) is 3.63. The maximum atomic E-state index is 10.4. The van der Waals surface area contributed by atoms with Gasteiger partial charge < -0.3 is 24.9 Å². The zero-order chi connectivity index (χ0) is 19.6. The van der Waals surface area contributed by atoms with E-state index in [1.165, 1.54) is 0 Å². The standard InChI is InChI=1S/C22H22N4O3/c27-14(12-23-21-11-18(25-26-21)19-9-4-10-28-19)13-29-20-8-3-7-17-22(20)15-5-1-2-6-16(15)24-17/h1-8,10-11,14,19,24,27H,9,12-13H2,(H2,23,25,26). The van der Waals surface area contributed by atoms with Gasteiger partial charge in [-0.25, -0.2) is 0 Å². The summed E-state index contributed by atoms with van der Waals surface area (Å²) in [5.41, 5.74) is 3.00. The molecule has 2 atom stereocenters. The van der Waals surface area contributed by atoms with Gasteiger partial charge in [-0.05, 0) is 24.3 Å². The van der Waals surface area contributed by atoms with E-state index in [0.717, 1.165) is 39.7 Å². The minimum Gasteiger partial charge on any atom is -0.492 e. The van der Waals surface area contributed by atoms with E-state index in [0.29, 0.717) is 12.4 Å². The van der Waals surface area contributed by atoms with E-state index < -0.39 is 6.10 Å². The molecule has 0 fully saturated rings. The number of fused-ring (bicyclic) bond motifs is 3. The number of hydrogen-bond acceptors (Lipinski definition) is 5. The first-order valence-electron chi connectivity index (χ1n) is 9.68. The monoisotopic (exact) mass is 390 g/mol. The molecule has 2 aromatic carbocycles. The van der Waals surface area contributed by atoms with E-state index in [-0.39, 0.29) is 12.7 Å². The first-order chi connectivity index (χ1) is 14.3. The Morgan fingerprint density at radius 3 is 3.00 bits per heavy atom. The van der Waals surface area contributed by atoms with Crippen molar-refractivity contribution in [1.82, 2.24) is 15.2 Å². The number of aromatic nitrogens is 3. The summed E-state index contributed by atoms with van der Waals surface area (Å²) in [4.78, 5) is 3.40. The SMILES string of the molecule is OC(CNc1cc(C2CC=CO2)[nH]n1)COc1cccc2[nH]c3ccccc3c12. The molecular weight excluding hydrogens is 368 g/mol. The van der Waals surface area contributed by atoms with Gasteiger partial charge >= 0.3 is 0 Å². The van der Waals surface area contributed by atoms with Gasteiger partial charge in [-0.15, -0.1) is 0 Å². The Bertz CT molecular complexity index is 1160. The molecule has 1 aliphatic rings. The topological polar surface area (TPSA) is 95.2 Å². The smallest absolute Gasteiger partial charge is 0.148 e. The molecule has 0 saturated heterocycles. The minimum atomic E-state index is -0.681. The molecule has 0 amide bonds. The molecule has 0 saturated carbocycles. The average Bonchev–Trinajstić information content (AvgIpc) is 3.49. The fraction of sp³-hybridized carbons (Fsp3) is 0.227. The maximum Gasteiger partial charge on any atom is 0.148 e. The molecule has 2 aromatic heterocycles. The van der Waals surface area contributed by atoms with Crippen molar-refractivity contribution in [2.75, 3.05) is 18.5 Å². The highest BCUT2D eigenvalue weighted by Gasteiger charge is 2.17. The van der Waals surface area contributed by atoms with Crippen molar-refractivity contribution in [2.45, 2.75) is 18.6 Å². The highest BCUT2D eigenvalue weighted by atomic mass is 16.5. The Morgan fingerprint density at radius 2 is 2.10 bits per heavy atom. The van der Waals surface area contributed by atoms with Gasteiger partial charge in [-0.2, -0.15) is 5.10 Å². The van der Waals surface area contributed by atoms with Crippen LogP contribution in [0.25, 0.3) is 21.8 Å². The molecule has 0 spiro atoms. The molecule has 7 nitrogen and oxygen atoms in total. The molecule has 0 radical (unpaired) electrons. The largest absolute Gasteiger partial charge is 0.492 e. The van der Waals surface area contributed by atoms with Crippen molar-refractivity contribution >= 4 is 27.6 Å². The average molecular weight is 390 g/mol. The zero-order valence-corrected chi connectivity index (χ0v) is 15.8. The minimum absolute atomic E-state index is 0.0111. The highest BCUT2D eigenvalue weighted by Crippen LogP contribution is 2.33. The quantitative estimate of drug-likeness (QED) is 0.384. The molecule has 2 unspecified atom stereocenters. The van der Waals surface area contributed by atoms with Crippen molar-refractivity contribution in [3.8, 4) is 5.75 Å². The van der Waals surface area contributed by atoms with Gasteiger partial charge in [0.25, 0.3) is 0 Å². The molecule has 7 heteroatoms. The van der Waals surface area contributed by atoms with Gasteiger partial charge in [-0.1, -0.05) is 24.3 Å². The second-order valence-electron chi connectivity index (χ2n) is 7.14. The number of nitrogens with zero attached hydrogens (tertiary/aromatic N) is 1. The normalized spacial score (nSPS) is 16.9. The molecule has 5 rings (SSSR count). The molecule has 0 aliphatic carbocycles. The van der Waals surface area contributed by atoms with Crippen LogP contribution in [-0.2, 0) is 4.74 Å². The van der Waals surface area contributed by atoms with Crippen molar-refractivity contribution < 1.29 is 14.6 Å². The number of benzene rings is 2. The zero-order valence-electron chi connectivity index (χ0n) is 15.8. The number of rotatable bonds is 7. The number of ether oxygens (including phenoxy) is 2. The molecule has 0 bridgehead atoms. The Labute approximate surface area is 167 Å². The van der Waals surface area contributed by atoms with Crippen molar-refractivity contribution in [2.24, 2.45) is 0 Å². The lowest BCUT2D eigenvalue weighted by molar-refractivity contribution is 0.118. The highest BCUT2D eigenvalue weighted by molar-refractivity contribution is 6.10. The summed E-state index contributed by atoms with van der Waals surface area (Å²) in [5, 5.41) is 22.8. The second-order valence-corrected chi connectivity index (χ2v) is 7.14. The second kappa shape index (κ2) is 7.52. The molecule has 1 aliphatic heterocycles. The lowest BCUT2D eigenvalue weighted by Crippen LogP contribution is -2.26. The van der Waals surface area contributed by atoms with Crippen LogP contribution in [0.1, 0.15) is 18.2 Å². The predicted molar refractivity (Wildman–Crippen MR) is 112 cm³/mol. The number of hydrogen-bond donors (Lipinski definition) is 4. The van der Waals surface area contributed by atoms with Gasteiger partial charge in [0.2, 0.25) is 0 Å². The molecule has 148 valence electrons. The van der Waals surface area contributed by atoms with Crippen LogP contribution in [-0.4, -0.2) is 39.5 Å². The van der Waals surface area contributed by atoms with Crippen molar-refractivity contribution in [3.63, 3.8) is 0 Å². The first kappa shape index (κ1) is 17.6. The first-order valence-corrected chi connectivity index (χ1v) is 9.68. The predicted octanol–water partition coefficient (Wildman–Crippen LogP) is 3.87. The summed E-state index contributed by atoms with van der Waals surface area (Å²) in [6.45, 7) is 0.510. The lowest BCUT2D eigenvalue weighted by Gasteiger charge is -2.13. The summed E-state index contributed by atoms with van der Waals surface area (Å²) in [6, 6.07) is 15.9. The Hall–Kier alpha value is -3.45. The molecule has 3 heterocycles. The van der Waals surface area contributed by atoms with E-state index in [1.54, 1.807) is 6.26 Å². The lowest BCUT2D eigenvalue weighted by atomic mass is 10.1. The summed E-state index contributed by atoms with van der Waals surface area (Å²) >= 11 is 0. The van der Waals surface area contributed by atoms with E-state index in [1.807, 2.05) is 48.5 Å². The maximum absolute atomic E-state index is 10.4. The third kappa shape index (κ3) is 3.52. The van der Waals surface area contributed by atoms with Gasteiger partial charge in [-0.3, -0.25) is 5.10 Å². The van der Waals surface area contributed by atoms with Crippen molar-refractivity contribution in [1.29, 1.82) is 0 Å². The number of H-pyrrole nitrogens is 2. The van der Waals surface area contributed by atoms with Crippen LogP contribution < -0.4 is 10.1 Å². The summed E-state index contributed by atoms with van der Waals surface area (Å²) < 4.78 is 11.4. The van der Waals surface area contributed by atoms with E-state index in [9.17, 15) is 5.11 Å². The molecule has 29 heavy (non-hydrogen) atoms. The Balaban J connectivity index is 1.21. The summed E-state index contributed by atoms with van der Waals surface area (Å²) in [6.07, 6.45) is 3.82. The molecule has 4 aromatic rings. The third-order valence-electron chi connectivity index (χ3n) is 5.08. The van der Waals surface area contributed by atoms with Crippen LogP contribution in [0, 0.1) is 0 Å². The molecular formula is C22H22N4O3. The van der Waals surface area contributed by atoms with Crippen molar-refractivity contribution in [3.05, 3.63) is 66.6 Å². The van der Waals surface area contributed by atoms with E-state index in [4.69, 9.17) is 9.47 Å². The van der Waals surface area contributed by atoms with Gasteiger partial charge in [0.1, 0.15) is 30.4 Å². The number of aliphatic hydroxyl groups excluding tert-OH is 1. The number of anilines is 1. The number of aromatic amines is 2. The third-order valence-corrected chi connectivity index (χ3v) is 5.08. The summed E-state index contributed by atoms with van der Waals surface area (Å²) in [5.74, 6) is 1.43. The molecule has 4 N–H and O–H groups in total. The van der Waals surface area contributed by atoms with E-state index in [2.05, 4.69) is 26.6 Å². The van der Waals surface area contributed by atoms with Crippen LogP contribution in [0.15, 0.2) is 60.9 Å². The number of nitrogens with one attached hydrogen (secondary N) is 3.